The minimum atomic E-state index is -2.93. The highest BCUT2D eigenvalue weighted by Crippen LogP contribution is 2.51. The Labute approximate surface area is 212 Å². The summed E-state index contributed by atoms with van der Waals surface area (Å²) in [5.41, 5.74) is 7.59. The van der Waals surface area contributed by atoms with Crippen molar-refractivity contribution in [1.82, 2.24) is 25.6 Å². The van der Waals surface area contributed by atoms with Gasteiger partial charge >= 0.3 is 0 Å². The molecule has 7 nitrogen and oxygen atoms in total. The Morgan fingerprint density at radius 2 is 2.00 bits per heavy atom. The Morgan fingerprint density at radius 3 is 2.72 bits per heavy atom. The number of hydrogen-bond acceptors (Lipinski definition) is 7. The zero-order valence-electron chi connectivity index (χ0n) is 21.3. The first-order valence-electron chi connectivity index (χ1n) is 13.4. The molecule has 1 aromatic rings. The molecule has 0 amide bonds. The number of nitrogens with zero attached hydrogens (tertiary/aromatic N) is 3. The Hall–Kier alpha value is -1.46. The van der Waals surface area contributed by atoms with Gasteiger partial charge in [0.1, 0.15) is 19.0 Å². The molecular formula is C26H40F3N5O2. The van der Waals surface area contributed by atoms with E-state index in [2.05, 4.69) is 22.7 Å². The third-order valence-electron chi connectivity index (χ3n) is 8.75. The van der Waals surface area contributed by atoms with Crippen molar-refractivity contribution in [1.29, 1.82) is 0 Å². The fourth-order valence-corrected chi connectivity index (χ4v) is 7.06. The van der Waals surface area contributed by atoms with Crippen molar-refractivity contribution in [2.24, 2.45) is 23.7 Å². The second-order valence-electron chi connectivity index (χ2n) is 11.2. The highest BCUT2D eigenvalue weighted by atomic mass is 19.3. The van der Waals surface area contributed by atoms with Crippen molar-refractivity contribution in [2.45, 2.75) is 50.2 Å². The van der Waals surface area contributed by atoms with E-state index in [1.54, 1.807) is 6.20 Å². The molecule has 4 aliphatic rings. The van der Waals surface area contributed by atoms with E-state index in [1.807, 2.05) is 17.0 Å². The van der Waals surface area contributed by atoms with E-state index in [0.717, 1.165) is 51.1 Å². The number of hydrazine groups is 1. The molecule has 5 rings (SSSR count). The van der Waals surface area contributed by atoms with Crippen LogP contribution in [0.4, 0.5) is 13.2 Å². The van der Waals surface area contributed by atoms with Crippen LogP contribution in [0.1, 0.15) is 37.9 Å². The zero-order valence-corrected chi connectivity index (χ0v) is 21.3. The van der Waals surface area contributed by atoms with Gasteiger partial charge in [0.25, 0.3) is 5.92 Å². The second kappa shape index (κ2) is 11.1. The number of pyridine rings is 1. The molecule has 3 aliphatic heterocycles. The number of halogens is 3. The summed E-state index contributed by atoms with van der Waals surface area (Å²) in [6, 6.07) is 4.16. The first-order chi connectivity index (χ1) is 17.4. The topological polar surface area (TPSA) is 61.9 Å². The average Bonchev–Trinajstić information content (AvgIpc) is 3.31. The summed E-state index contributed by atoms with van der Waals surface area (Å²) in [5, 5.41) is 0. The second-order valence-corrected chi connectivity index (χ2v) is 11.2. The van der Waals surface area contributed by atoms with Crippen LogP contribution < -0.4 is 15.6 Å². The molecule has 202 valence electrons. The number of aromatic nitrogens is 1. The summed E-state index contributed by atoms with van der Waals surface area (Å²) in [4.78, 5) is 8.91. The van der Waals surface area contributed by atoms with Gasteiger partial charge in [-0.05, 0) is 56.1 Å². The first-order valence-corrected chi connectivity index (χ1v) is 13.4. The van der Waals surface area contributed by atoms with Crippen LogP contribution in [-0.2, 0) is 4.74 Å². The number of alkyl halides is 3. The number of nitrogens with one attached hydrogen (secondary N) is 2. The molecule has 0 aromatic carbocycles. The molecule has 4 unspecified atom stereocenters. The monoisotopic (exact) mass is 511 g/mol. The molecule has 1 aromatic heterocycles. The maximum atomic E-state index is 14.8. The molecule has 1 aliphatic carbocycles. The molecule has 6 atom stereocenters. The van der Waals surface area contributed by atoms with Crippen LogP contribution in [-0.4, -0.2) is 92.5 Å². The Bertz CT molecular complexity index is 856. The molecule has 0 radical (unpaired) electrons. The number of methoxy groups -OCH3 is 1. The van der Waals surface area contributed by atoms with Crippen molar-refractivity contribution in [2.75, 3.05) is 59.7 Å². The summed E-state index contributed by atoms with van der Waals surface area (Å²) in [5.74, 6) is -0.847. The number of ether oxygens (including phenoxy) is 2. The summed E-state index contributed by atoms with van der Waals surface area (Å²) >= 11 is 0. The number of hydrogen-bond donors (Lipinski definition) is 2. The normalized spacial score (nSPS) is 33.7. The molecular weight excluding hydrogens is 471 g/mol. The molecule has 0 spiro atoms. The predicted octanol–water partition coefficient (Wildman–Crippen LogP) is 2.90. The minimum absolute atomic E-state index is 0.0146. The van der Waals surface area contributed by atoms with E-state index in [0.29, 0.717) is 30.2 Å². The van der Waals surface area contributed by atoms with Crippen molar-refractivity contribution < 1.29 is 22.6 Å². The summed E-state index contributed by atoms with van der Waals surface area (Å²) in [6.45, 7) is 4.67. The van der Waals surface area contributed by atoms with Crippen LogP contribution in [0.2, 0.25) is 0 Å². The van der Waals surface area contributed by atoms with Crippen LogP contribution in [0.5, 0.6) is 5.75 Å². The summed E-state index contributed by atoms with van der Waals surface area (Å²) < 4.78 is 52.9. The third kappa shape index (κ3) is 5.53. The molecule has 0 bridgehead atoms. The van der Waals surface area contributed by atoms with Gasteiger partial charge in [-0.3, -0.25) is 30.0 Å². The number of rotatable bonds is 10. The highest BCUT2D eigenvalue weighted by molar-refractivity contribution is 5.23. The molecule has 2 N–H and O–H groups in total. The predicted molar refractivity (Wildman–Crippen MR) is 131 cm³/mol. The lowest BCUT2D eigenvalue weighted by Gasteiger charge is -2.54. The van der Waals surface area contributed by atoms with Gasteiger partial charge in [-0.15, -0.1) is 0 Å². The average molecular weight is 512 g/mol. The van der Waals surface area contributed by atoms with Crippen LogP contribution in [0.3, 0.4) is 0 Å². The molecule has 3 saturated heterocycles. The van der Waals surface area contributed by atoms with Gasteiger partial charge in [0.2, 0.25) is 0 Å². The van der Waals surface area contributed by atoms with Gasteiger partial charge < -0.3 is 9.47 Å². The van der Waals surface area contributed by atoms with Gasteiger partial charge in [0.05, 0.1) is 31.2 Å². The smallest absolute Gasteiger partial charge is 0.283 e. The van der Waals surface area contributed by atoms with Gasteiger partial charge in [-0.25, -0.2) is 8.78 Å². The van der Waals surface area contributed by atoms with Gasteiger partial charge in [-0.2, -0.15) is 0 Å². The van der Waals surface area contributed by atoms with E-state index < -0.39 is 12.5 Å². The molecule has 1 saturated carbocycles. The van der Waals surface area contributed by atoms with Crippen LogP contribution in [0, 0.1) is 23.7 Å². The van der Waals surface area contributed by atoms with E-state index in [1.165, 1.54) is 7.11 Å². The summed E-state index contributed by atoms with van der Waals surface area (Å²) in [7, 11) is 1.32. The Balaban J connectivity index is 1.31. The van der Waals surface area contributed by atoms with E-state index in [-0.39, 0.29) is 37.1 Å². The number of likely N-dealkylation sites (tertiary alicyclic amines) is 2. The quantitative estimate of drug-likeness (QED) is 0.501. The van der Waals surface area contributed by atoms with Gasteiger partial charge in [-0.1, -0.05) is 0 Å². The fourth-order valence-electron chi connectivity index (χ4n) is 7.06. The van der Waals surface area contributed by atoms with Crippen molar-refractivity contribution in [3.05, 3.63) is 24.0 Å². The van der Waals surface area contributed by atoms with Crippen molar-refractivity contribution >= 4 is 0 Å². The molecule has 36 heavy (non-hydrogen) atoms. The lowest BCUT2D eigenvalue weighted by molar-refractivity contribution is -0.125. The molecule has 4 fully saturated rings. The molecule has 4 heterocycles. The number of fused-ring (bicyclic) bond motifs is 3. The summed E-state index contributed by atoms with van der Waals surface area (Å²) in [6.07, 6.45) is 4.66. The molecule has 10 heteroatoms. The van der Waals surface area contributed by atoms with Crippen LogP contribution in [0.15, 0.2) is 18.3 Å². The maximum absolute atomic E-state index is 14.8. The zero-order chi connectivity index (χ0) is 25.3. The maximum Gasteiger partial charge on any atom is 0.283 e. The SMILES string of the molecule is COCC(F)(F)CN1[C@H](C)CC2C3CNNC3CCC2[C@H]1c1ccc(OCCN2CC(CF)C2)cn1. The van der Waals surface area contributed by atoms with E-state index in [9.17, 15) is 13.2 Å². The lowest BCUT2D eigenvalue weighted by atomic mass is 9.62. The van der Waals surface area contributed by atoms with Gasteiger partial charge in [0.15, 0.2) is 0 Å². The highest BCUT2D eigenvalue weighted by Gasteiger charge is 2.52. The van der Waals surface area contributed by atoms with Crippen LogP contribution in [0.25, 0.3) is 0 Å². The van der Waals surface area contributed by atoms with Crippen molar-refractivity contribution in [3.63, 3.8) is 0 Å². The van der Waals surface area contributed by atoms with E-state index in [4.69, 9.17) is 14.5 Å². The lowest BCUT2D eigenvalue weighted by Crippen LogP contribution is -2.56. The Morgan fingerprint density at radius 1 is 1.17 bits per heavy atom. The number of piperidine rings is 1. The van der Waals surface area contributed by atoms with Crippen LogP contribution >= 0.6 is 0 Å². The van der Waals surface area contributed by atoms with Crippen molar-refractivity contribution in [3.8, 4) is 5.75 Å². The third-order valence-corrected chi connectivity index (χ3v) is 8.75. The fraction of sp³-hybridized carbons (Fsp3) is 0.808. The standard InChI is InChI=1S/C26H40F3N5O2/c1-17-9-21-20(4-6-23-22(21)12-31-32-23)25(34(17)15-26(28,29)16-35-2)24-5-3-19(11-30-24)36-8-7-33-13-18(10-27)14-33/h3,5,11,17-18,20-23,25,31-32H,4,6-10,12-16H2,1-2H3/t17-,20?,21?,22?,23?,25+/m1/s1. The van der Waals surface area contributed by atoms with Gasteiger partial charge in [0, 0.05) is 51.3 Å². The first kappa shape index (κ1) is 26.2. The largest absolute Gasteiger partial charge is 0.491 e. The Kier molecular flexibility index (Phi) is 8.07. The van der Waals surface area contributed by atoms with E-state index >= 15 is 0 Å². The minimum Gasteiger partial charge on any atom is -0.491 e.